The molecule has 2 atom stereocenters. The van der Waals surface area contributed by atoms with Crippen molar-refractivity contribution in [3.05, 3.63) is 34.4 Å². The van der Waals surface area contributed by atoms with Crippen molar-refractivity contribution in [2.75, 3.05) is 0 Å². The molecular weight excluding hydrogens is 238 g/mol. The van der Waals surface area contributed by atoms with Crippen LogP contribution in [0.3, 0.4) is 0 Å². The predicted octanol–water partition coefficient (Wildman–Crippen LogP) is 0.869. The number of rotatable bonds is 5. The molecule has 6 nitrogen and oxygen atoms in total. The Morgan fingerprint density at radius 3 is 2.56 bits per heavy atom. The molecule has 1 aromatic heterocycles. The third kappa shape index (κ3) is 3.44. The molecule has 0 radical (unpaired) electrons. The van der Waals surface area contributed by atoms with Gasteiger partial charge in [-0.2, -0.15) is 0 Å². The summed E-state index contributed by atoms with van der Waals surface area (Å²) in [6.07, 6.45) is 1.63. The van der Waals surface area contributed by atoms with Gasteiger partial charge in [0.2, 0.25) is 0 Å². The first-order chi connectivity index (χ1) is 8.45. The Morgan fingerprint density at radius 2 is 2.11 bits per heavy atom. The Hall–Kier alpha value is -2.11. The van der Waals surface area contributed by atoms with Crippen molar-refractivity contribution < 1.29 is 19.1 Å². The first-order valence-corrected chi connectivity index (χ1v) is 5.58. The second-order valence-corrected chi connectivity index (χ2v) is 4.02. The molecule has 0 aliphatic carbocycles. The minimum Gasteiger partial charge on any atom is -0.480 e. The number of aliphatic carboxylic acids is 1. The number of hydrogen-bond acceptors (Lipinski definition) is 4. The third-order valence-electron chi connectivity index (χ3n) is 2.73. The fourth-order valence-corrected chi connectivity index (χ4v) is 1.39. The van der Waals surface area contributed by atoms with Crippen LogP contribution in [0.15, 0.2) is 27.6 Å². The summed E-state index contributed by atoms with van der Waals surface area (Å²) in [4.78, 5) is 33.5. The zero-order valence-electron chi connectivity index (χ0n) is 10.2. The zero-order chi connectivity index (χ0) is 13.7. The lowest BCUT2D eigenvalue weighted by Crippen LogP contribution is -2.45. The fraction of sp³-hybridized carbons (Fsp3) is 0.417. The molecule has 1 rings (SSSR count). The summed E-state index contributed by atoms with van der Waals surface area (Å²) < 4.78 is 4.54. The van der Waals surface area contributed by atoms with Crippen LogP contribution in [-0.4, -0.2) is 23.0 Å². The minimum absolute atomic E-state index is 0.115. The normalized spacial score (nSPS) is 13.7. The molecule has 6 heteroatoms. The van der Waals surface area contributed by atoms with Crippen LogP contribution in [0.2, 0.25) is 0 Å². The van der Waals surface area contributed by atoms with Gasteiger partial charge in [-0.1, -0.05) is 20.3 Å². The Kier molecular flexibility index (Phi) is 4.65. The maximum absolute atomic E-state index is 11.8. The summed E-state index contributed by atoms with van der Waals surface area (Å²) in [5, 5.41) is 11.4. The number of amides is 1. The van der Waals surface area contributed by atoms with Gasteiger partial charge in [0.25, 0.3) is 5.91 Å². The van der Waals surface area contributed by atoms with Crippen molar-refractivity contribution in [3.8, 4) is 0 Å². The third-order valence-corrected chi connectivity index (χ3v) is 2.73. The van der Waals surface area contributed by atoms with Gasteiger partial charge in [-0.15, -0.1) is 0 Å². The lowest BCUT2D eigenvalue weighted by atomic mass is 9.99. The second-order valence-electron chi connectivity index (χ2n) is 4.02. The van der Waals surface area contributed by atoms with Gasteiger partial charge in [0, 0.05) is 6.07 Å². The number of carbonyl (C=O) groups is 2. The molecule has 1 unspecified atom stereocenters. The fourth-order valence-electron chi connectivity index (χ4n) is 1.39. The number of nitrogens with one attached hydrogen (secondary N) is 1. The number of carbonyl (C=O) groups excluding carboxylic acids is 1. The van der Waals surface area contributed by atoms with Gasteiger partial charge < -0.3 is 14.8 Å². The maximum atomic E-state index is 11.8. The predicted molar refractivity (Wildman–Crippen MR) is 63.3 cm³/mol. The Labute approximate surface area is 104 Å². The first kappa shape index (κ1) is 14.0. The van der Waals surface area contributed by atoms with E-state index >= 15 is 0 Å². The Balaban J connectivity index is 2.81. The molecule has 0 fully saturated rings. The summed E-state index contributed by atoms with van der Waals surface area (Å²) in [5.41, 5.74) is -0.451. The molecule has 0 saturated carbocycles. The van der Waals surface area contributed by atoms with Gasteiger partial charge >= 0.3 is 11.6 Å². The van der Waals surface area contributed by atoms with E-state index in [4.69, 9.17) is 5.11 Å². The lowest BCUT2D eigenvalue weighted by molar-refractivity contribution is -0.140. The molecule has 98 valence electrons. The van der Waals surface area contributed by atoms with E-state index in [2.05, 4.69) is 9.73 Å². The van der Waals surface area contributed by atoms with E-state index in [1.807, 2.05) is 6.92 Å². The van der Waals surface area contributed by atoms with E-state index in [9.17, 15) is 14.4 Å². The van der Waals surface area contributed by atoms with Crippen LogP contribution in [-0.2, 0) is 4.79 Å². The Bertz CT molecular complexity index is 473. The summed E-state index contributed by atoms with van der Waals surface area (Å²) in [6.45, 7) is 3.58. The zero-order valence-corrected chi connectivity index (χ0v) is 10.2. The van der Waals surface area contributed by atoms with Crippen LogP contribution in [0.5, 0.6) is 0 Å². The van der Waals surface area contributed by atoms with E-state index < -0.39 is 23.5 Å². The molecule has 2 N–H and O–H groups in total. The summed E-state index contributed by atoms with van der Waals surface area (Å²) >= 11 is 0. The topological polar surface area (TPSA) is 96.6 Å². The van der Waals surface area contributed by atoms with E-state index in [1.165, 1.54) is 6.07 Å². The number of carboxylic acid groups (broad SMARTS) is 1. The minimum atomic E-state index is -1.09. The molecule has 0 spiro atoms. The highest BCUT2D eigenvalue weighted by atomic mass is 16.4. The molecule has 1 aromatic rings. The largest absolute Gasteiger partial charge is 0.480 e. The quantitative estimate of drug-likeness (QED) is 0.811. The monoisotopic (exact) mass is 253 g/mol. The van der Waals surface area contributed by atoms with Crippen molar-refractivity contribution in [2.24, 2.45) is 5.92 Å². The van der Waals surface area contributed by atoms with Crippen LogP contribution < -0.4 is 10.9 Å². The van der Waals surface area contributed by atoms with Crippen LogP contribution in [0, 0.1) is 5.92 Å². The SMILES string of the molecule is CCC(C)[C@H](NC(=O)c1ccc(=O)oc1)C(=O)O. The highest BCUT2D eigenvalue weighted by Gasteiger charge is 2.25. The molecule has 1 heterocycles. The molecule has 0 bridgehead atoms. The maximum Gasteiger partial charge on any atom is 0.335 e. The van der Waals surface area contributed by atoms with Gasteiger partial charge in [-0.25, -0.2) is 9.59 Å². The standard InChI is InChI=1S/C12H15NO5/c1-3-7(2)10(12(16)17)13-11(15)8-4-5-9(14)18-6-8/h4-7,10H,3H2,1-2H3,(H,13,15)(H,16,17)/t7?,10-/m0/s1. The van der Waals surface area contributed by atoms with Gasteiger partial charge in [-0.3, -0.25) is 4.79 Å². The lowest BCUT2D eigenvalue weighted by Gasteiger charge is -2.19. The van der Waals surface area contributed by atoms with Crippen molar-refractivity contribution in [1.82, 2.24) is 5.32 Å². The van der Waals surface area contributed by atoms with Crippen molar-refractivity contribution in [2.45, 2.75) is 26.3 Å². The van der Waals surface area contributed by atoms with Crippen molar-refractivity contribution >= 4 is 11.9 Å². The van der Waals surface area contributed by atoms with Crippen LogP contribution in [0.4, 0.5) is 0 Å². The van der Waals surface area contributed by atoms with Crippen molar-refractivity contribution in [1.29, 1.82) is 0 Å². The first-order valence-electron chi connectivity index (χ1n) is 5.58. The van der Waals surface area contributed by atoms with Crippen LogP contribution in [0.25, 0.3) is 0 Å². The highest BCUT2D eigenvalue weighted by molar-refractivity contribution is 5.96. The summed E-state index contributed by atoms with van der Waals surface area (Å²) in [6, 6.07) is 1.43. The smallest absolute Gasteiger partial charge is 0.335 e. The van der Waals surface area contributed by atoms with Crippen LogP contribution in [0.1, 0.15) is 30.6 Å². The van der Waals surface area contributed by atoms with Crippen LogP contribution >= 0.6 is 0 Å². The van der Waals surface area contributed by atoms with Gasteiger partial charge in [-0.05, 0) is 12.0 Å². The van der Waals surface area contributed by atoms with Gasteiger partial charge in [0.15, 0.2) is 0 Å². The molecule has 0 saturated heterocycles. The summed E-state index contributed by atoms with van der Waals surface area (Å²) in [7, 11) is 0. The molecule has 1 amide bonds. The molecule has 0 aliphatic rings. The van der Waals surface area contributed by atoms with Gasteiger partial charge in [0.1, 0.15) is 12.3 Å². The Morgan fingerprint density at radius 1 is 1.44 bits per heavy atom. The average Bonchev–Trinajstić information content (AvgIpc) is 2.35. The van der Waals surface area contributed by atoms with E-state index in [0.29, 0.717) is 6.42 Å². The van der Waals surface area contributed by atoms with E-state index in [-0.39, 0.29) is 11.5 Å². The molecule has 18 heavy (non-hydrogen) atoms. The molecular formula is C12H15NO5. The molecule has 0 aromatic carbocycles. The highest BCUT2D eigenvalue weighted by Crippen LogP contribution is 2.09. The van der Waals surface area contributed by atoms with E-state index in [0.717, 1.165) is 12.3 Å². The number of carboxylic acids is 1. The second kappa shape index (κ2) is 6.00. The van der Waals surface area contributed by atoms with E-state index in [1.54, 1.807) is 6.92 Å². The molecule has 0 aliphatic heterocycles. The number of hydrogen-bond donors (Lipinski definition) is 2. The van der Waals surface area contributed by atoms with Gasteiger partial charge in [0.05, 0.1) is 5.56 Å². The van der Waals surface area contributed by atoms with Crippen molar-refractivity contribution in [3.63, 3.8) is 0 Å². The average molecular weight is 253 g/mol. The summed E-state index contributed by atoms with van der Waals surface area (Å²) in [5.74, 6) is -1.86.